The lowest BCUT2D eigenvalue weighted by Gasteiger charge is -2.26. The molecule has 110 valence electrons. The molecule has 0 spiro atoms. The third-order valence-electron chi connectivity index (χ3n) is 3.84. The summed E-state index contributed by atoms with van der Waals surface area (Å²) >= 11 is 12.4. The number of benzene rings is 2. The van der Waals surface area contributed by atoms with Crippen molar-refractivity contribution in [2.45, 2.75) is 18.9 Å². The van der Waals surface area contributed by atoms with Crippen molar-refractivity contribution < 1.29 is 4.74 Å². The third-order valence-corrected chi connectivity index (χ3v) is 4.40. The van der Waals surface area contributed by atoms with Crippen molar-refractivity contribution in [2.75, 3.05) is 13.7 Å². The molecule has 1 atom stereocenters. The maximum Gasteiger partial charge on any atom is 0.127 e. The Morgan fingerprint density at radius 1 is 1.14 bits per heavy atom. The molecule has 2 nitrogen and oxygen atoms in total. The molecule has 4 heteroatoms. The van der Waals surface area contributed by atoms with E-state index in [4.69, 9.17) is 27.9 Å². The van der Waals surface area contributed by atoms with Gasteiger partial charge < -0.3 is 10.1 Å². The number of ether oxygens (including phenoxy) is 1. The molecular weight excluding hydrogens is 305 g/mol. The summed E-state index contributed by atoms with van der Waals surface area (Å²) in [5, 5.41) is 4.64. The molecule has 21 heavy (non-hydrogen) atoms. The second kappa shape index (κ2) is 6.27. The number of hydrogen-bond donors (Lipinski definition) is 1. The summed E-state index contributed by atoms with van der Waals surface area (Å²) in [7, 11) is 1.93. The fourth-order valence-corrected chi connectivity index (χ4v) is 3.37. The number of hydrogen-bond acceptors (Lipinski definition) is 2. The van der Waals surface area contributed by atoms with Gasteiger partial charge in [0, 0.05) is 15.6 Å². The Balaban J connectivity index is 2.08. The van der Waals surface area contributed by atoms with E-state index in [1.54, 1.807) is 6.07 Å². The molecule has 0 saturated carbocycles. The van der Waals surface area contributed by atoms with Crippen molar-refractivity contribution in [3.63, 3.8) is 0 Å². The van der Waals surface area contributed by atoms with Gasteiger partial charge >= 0.3 is 0 Å². The first-order valence-corrected chi connectivity index (χ1v) is 7.83. The first-order valence-electron chi connectivity index (χ1n) is 7.07. The van der Waals surface area contributed by atoms with Crippen LogP contribution in [0, 0.1) is 0 Å². The first-order chi connectivity index (χ1) is 10.2. The largest absolute Gasteiger partial charge is 0.493 e. The lowest BCUT2D eigenvalue weighted by molar-refractivity contribution is 0.283. The van der Waals surface area contributed by atoms with Crippen molar-refractivity contribution in [1.29, 1.82) is 0 Å². The highest BCUT2D eigenvalue weighted by Gasteiger charge is 2.22. The molecule has 0 saturated heterocycles. The van der Waals surface area contributed by atoms with E-state index in [2.05, 4.69) is 23.5 Å². The Bertz CT molecular complexity index is 657. The zero-order valence-corrected chi connectivity index (χ0v) is 13.3. The summed E-state index contributed by atoms with van der Waals surface area (Å²) in [4.78, 5) is 0. The molecule has 1 unspecified atom stereocenters. The van der Waals surface area contributed by atoms with E-state index in [1.165, 1.54) is 5.56 Å². The Labute approximate surface area is 135 Å². The lowest BCUT2D eigenvalue weighted by Crippen LogP contribution is -2.21. The smallest absolute Gasteiger partial charge is 0.127 e. The molecule has 0 fully saturated rings. The SMILES string of the molecule is CNC(c1ccc(Cl)cc1Cl)c1cccc2c1OCCC2. The fraction of sp³-hybridized carbons (Fsp3) is 0.294. The number of rotatable bonds is 3. The molecule has 0 amide bonds. The highest BCUT2D eigenvalue weighted by molar-refractivity contribution is 6.35. The van der Waals surface area contributed by atoms with Gasteiger partial charge in [-0.25, -0.2) is 0 Å². The molecule has 0 radical (unpaired) electrons. The Kier molecular flexibility index (Phi) is 4.39. The van der Waals surface area contributed by atoms with Gasteiger partial charge in [-0.05, 0) is 43.1 Å². The van der Waals surface area contributed by atoms with Crippen LogP contribution in [0.15, 0.2) is 36.4 Å². The van der Waals surface area contributed by atoms with Crippen LogP contribution in [0.2, 0.25) is 10.0 Å². The zero-order chi connectivity index (χ0) is 14.8. The second-order valence-electron chi connectivity index (χ2n) is 5.18. The van der Waals surface area contributed by atoms with E-state index in [9.17, 15) is 0 Å². The molecule has 2 aromatic carbocycles. The molecule has 1 aliphatic rings. The minimum atomic E-state index is -0.0113. The van der Waals surface area contributed by atoms with Crippen LogP contribution in [0.1, 0.15) is 29.2 Å². The van der Waals surface area contributed by atoms with Crippen molar-refractivity contribution >= 4 is 23.2 Å². The van der Waals surface area contributed by atoms with E-state index in [1.807, 2.05) is 19.2 Å². The summed E-state index contributed by atoms with van der Waals surface area (Å²) in [6.45, 7) is 0.773. The molecule has 0 aliphatic carbocycles. The van der Waals surface area contributed by atoms with E-state index >= 15 is 0 Å². The minimum absolute atomic E-state index is 0.0113. The monoisotopic (exact) mass is 321 g/mol. The van der Waals surface area contributed by atoms with Gasteiger partial charge in [-0.15, -0.1) is 0 Å². The average molecular weight is 322 g/mol. The molecule has 1 N–H and O–H groups in total. The van der Waals surface area contributed by atoms with Gasteiger partial charge in [-0.3, -0.25) is 0 Å². The van der Waals surface area contributed by atoms with Crippen LogP contribution in [0.4, 0.5) is 0 Å². The summed E-state index contributed by atoms with van der Waals surface area (Å²) < 4.78 is 5.91. The first kappa shape index (κ1) is 14.7. The molecule has 0 bridgehead atoms. The molecule has 2 aromatic rings. The number of para-hydroxylation sites is 1. The van der Waals surface area contributed by atoms with Gasteiger partial charge in [-0.1, -0.05) is 47.5 Å². The van der Waals surface area contributed by atoms with E-state index < -0.39 is 0 Å². The van der Waals surface area contributed by atoms with Gasteiger partial charge in [-0.2, -0.15) is 0 Å². The standard InChI is InChI=1S/C17H17Cl2NO/c1-20-16(13-8-7-12(18)10-15(13)19)14-6-2-4-11-5-3-9-21-17(11)14/h2,4,6-8,10,16,20H,3,5,9H2,1H3. The van der Waals surface area contributed by atoms with Gasteiger partial charge in [0.2, 0.25) is 0 Å². The Hall–Kier alpha value is -1.22. The van der Waals surface area contributed by atoms with E-state index in [0.29, 0.717) is 10.0 Å². The van der Waals surface area contributed by atoms with Crippen LogP contribution in [0.25, 0.3) is 0 Å². The van der Waals surface area contributed by atoms with Crippen LogP contribution in [-0.4, -0.2) is 13.7 Å². The van der Waals surface area contributed by atoms with Crippen LogP contribution >= 0.6 is 23.2 Å². The van der Waals surface area contributed by atoms with E-state index in [0.717, 1.165) is 36.3 Å². The molecular formula is C17H17Cl2NO. The topological polar surface area (TPSA) is 21.3 Å². The van der Waals surface area contributed by atoms with Crippen LogP contribution in [-0.2, 0) is 6.42 Å². The molecule has 1 aliphatic heterocycles. The van der Waals surface area contributed by atoms with Crippen LogP contribution in [0.3, 0.4) is 0 Å². The highest BCUT2D eigenvalue weighted by Crippen LogP contribution is 2.38. The highest BCUT2D eigenvalue weighted by atomic mass is 35.5. The molecule has 1 heterocycles. The van der Waals surface area contributed by atoms with Crippen molar-refractivity contribution in [3.8, 4) is 5.75 Å². The lowest BCUT2D eigenvalue weighted by atomic mass is 9.94. The number of halogens is 2. The van der Waals surface area contributed by atoms with Gasteiger partial charge in [0.15, 0.2) is 0 Å². The zero-order valence-electron chi connectivity index (χ0n) is 11.8. The normalized spacial score (nSPS) is 15.2. The fourth-order valence-electron chi connectivity index (χ4n) is 2.86. The quantitative estimate of drug-likeness (QED) is 0.890. The second-order valence-corrected chi connectivity index (χ2v) is 6.02. The average Bonchev–Trinajstić information content (AvgIpc) is 2.50. The van der Waals surface area contributed by atoms with Crippen molar-refractivity contribution in [2.24, 2.45) is 0 Å². The number of aryl methyl sites for hydroxylation is 1. The minimum Gasteiger partial charge on any atom is -0.493 e. The third kappa shape index (κ3) is 2.89. The maximum atomic E-state index is 6.37. The predicted molar refractivity (Wildman–Crippen MR) is 87.6 cm³/mol. The Morgan fingerprint density at radius 2 is 2.00 bits per heavy atom. The summed E-state index contributed by atoms with van der Waals surface area (Å²) in [6, 6.07) is 11.9. The van der Waals surface area contributed by atoms with Gasteiger partial charge in [0.25, 0.3) is 0 Å². The van der Waals surface area contributed by atoms with Crippen LogP contribution in [0.5, 0.6) is 5.75 Å². The molecule has 0 aromatic heterocycles. The van der Waals surface area contributed by atoms with Crippen molar-refractivity contribution in [3.05, 3.63) is 63.1 Å². The van der Waals surface area contributed by atoms with Crippen molar-refractivity contribution in [1.82, 2.24) is 5.32 Å². The predicted octanol–water partition coefficient (Wildman–Crippen LogP) is 4.63. The number of fused-ring (bicyclic) bond motifs is 1. The Morgan fingerprint density at radius 3 is 2.76 bits per heavy atom. The summed E-state index contributed by atoms with van der Waals surface area (Å²) in [5.41, 5.74) is 3.40. The summed E-state index contributed by atoms with van der Waals surface area (Å²) in [5.74, 6) is 0.995. The van der Waals surface area contributed by atoms with Crippen LogP contribution < -0.4 is 10.1 Å². The van der Waals surface area contributed by atoms with Gasteiger partial charge in [0.1, 0.15) is 5.75 Å². The summed E-state index contributed by atoms with van der Waals surface area (Å²) in [6.07, 6.45) is 2.14. The van der Waals surface area contributed by atoms with E-state index in [-0.39, 0.29) is 6.04 Å². The molecule has 3 rings (SSSR count). The number of nitrogens with one attached hydrogen (secondary N) is 1. The maximum absolute atomic E-state index is 6.37. The van der Waals surface area contributed by atoms with Gasteiger partial charge in [0.05, 0.1) is 12.6 Å².